The van der Waals surface area contributed by atoms with Crippen molar-refractivity contribution in [1.82, 2.24) is 5.32 Å². The summed E-state index contributed by atoms with van der Waals surface area (Å²) in [6.07, 6.45) is 1.28. The van der Waals surface area contributed by atoms with Gasteiger partial charge in [0.05, 0.1) is 6.73 Å². The SMILES string of the molecule is O=CCCNCO. The van der Waals surface area contributed by atoms with Crippen LogP contribution in [0.3, 0.4) is 0 Å². The number of carbonyl (C=O) groups excluding carboxylic acids is 1. The molecule has 0 aromatic carbocycles. The first-order valence-electron chi connectivity index (χ1n) is 2.17. The van der Waals surface area contributed by atoms with Crippen molar-refractivity contribution in [3.8, 4) is 0 Å². The monoisotopic (exact) mass is 103 g/mol. The average Bonchev–Trinajstić information content (AvgIpc) is 1.69. The topological polar surface area (TPSA) is 49.3 Å². The van der Waals surface area contributed by atoms with Gasteiger partial charge in [0.15, 0.2) is 0 Å². The minimum atomic E-state index is -0.0478. The molecule has 0 bridgehead atoms. The molecule has 0 aromatic rings. The molecule has 0 saturated heterocycles. The summed E-state index contributed by atoms with van der Waals surface area (Å²) in [6.45, 7) is 0.522. The first-order chi connectivity index (χ1) is 3.41. The average molecular weight is 103 g/mol. The van der Waals surface area contributed by atoms with Crippen molar-refractivity contribution in [3.05, 3.63) is 0 Å². The maximum absolute atomic E-state index is 9.56. The Balaban J connectivity index is 2.56. The number of rotatable bonds is 4. The van der Waals surface area contributed by atoms with E-state index in [1.165, 1.54) is 0 Å². The lowest BCUT2D eigenvalue weighted by atomic mass is 10.5. The predicted molar refractivity (Wildman–Crippen MR) is 25.8 cm³/mol. The second-order valence-corrected chi connectivity index (χ2v) is 1.11. The Bertz CT molecular complexity index is 47.0. The van der Waals surface area contributed by atoms with E-state index < -0.39 is 0 Å². The molecule has 0 atom stereocenters. The van der Waals surface area contributed by atoms with Crippen LogP contribution in [0.2, 0.25) is 0 Å². The Hall–Kier alpha value is -0.410. The highest BCUT2D eigenvalue weighted by Gasteiger charge is 1.77. The number of aliphatic hydroxyl groups is 1. The fourth-order valence-corrected chi connectivity index (χ4v) is 0.240. The molecule has 0 spiro atoms. The summed E-state index contributed by atoms with van der Waals surface area (Å²) in [5, 5.41) is 10.6. The van der Waals surface area contributed by atoms with Crippen LogP contribution in [0.1, 0.15) is 6.42 Å². The van der Waals surface area contributed by atoms with E-state index in [0.29, 0.717) is 13.0 Å². The third kappa shape index (κ3) is 5.59. The maximum Gasteiger partial charge on any atom is 0.121 e. The van der Waals surface area contributed by atoms with E-state index >= 15 is 0 Å². The number of aldehydes is 1. The molecular formula is C4H9NO2. The highest BCUT2D eigenvalue weighted by atomic mass is 16.3. The number of hydrogen-bond donors (Lipinski definition) is 2. The van der Waals surface area contributed by atoms with Crippen molar-refractivity contribution in [2.45, 2.75) is 6.42 Å². The molecule has 3 heteroatoms. The lowest BCUT2D eigenvalue weighted by molar-refractivity contribution is -0.107. The van der Waals surface area contributed by atoms with Crippen molar-refractivity contribution in [3.63, 3.8) is 0 Å². The quantitative estimate of drug-likeness (QED) is 0.276. The van der Waals surface area contributed by atoms with Gasteiger partial charge < -0.3 is 9.90 Å². The molecule has 2 N–H and O–H groups in total. The fourth-order valence-electron chi connectivity index (χ4n) is 0.240. The van der Waals surface area contributed by atoms with Crippen LogP contribution in [0.25, 0.3) is 0 Å². The van der Waals surface area contributed by atoms with Crippen LogP contribution in [-0.4, -0.2) is 24.7 Å². The van der Waals surface area contributed by atoms with Crippen molar-refractivity contribution in [1.29, 1.82) is 0 Å². The highest BCUT2D eigenvalue weighted by molar-refractivity contribution is 5.49. The summed E-state index contributed by atoms with van der Waals surface area (Å²) in [5.74, 6) is 0. The summed E-state index contributed by atoms with van der Waals surface area (Å²) in [4.78, 5) is 9.56. The first-order valence-corrected chi connectivity index (χ1v) is 2.17. The molecule has 0 fully saturated rings. The molecule has 0 rings (SSSR count). The number of hydrogen-bond acceptors (Lipinski definition) is 3. The van der Waals surface area contributed by atoms with Crippen LogP contribution in [-0.2, 0) is 4.79 Å². The first kappa shape index (κ1) is 6.59. The molecule has 7 heavy (non-hydrogen) atoms. The van der Waals surface area contributed by atoms with Gasteiger partial charge in [-0.05, 0) is 0 Å². The molecule has 0 aliphatic rings. The minimum Gasteiger partial charge on any atom is -0.381 e. The van der Waals surface area contributed by atoms with Crippen LogP contribution in [0, 0.1) is 0 Å². The van der Waals surface area contributed by atoms with E-state index in [-0.39, 0.29) is 6.73 Å². The van der Waals surface area contributed by atoms with Gasteiger partial charge in [-0.2, -0.15) is 0 Å². The summed E-state index contributed by atoms with van der Waals surface area (Å²) in [7, 11) is 0. The molecule has 0 aliphatic heterocycles. The molecule has 0 heterocycles. The molecule has 0 aromatic heterocycles. The fraction of sp³-hybridized carbons (Fsp3) is 0.750. The highest BCUT2D eigenvalue weighted by Crippen LogP contribution is 1.62. The van der Waals surface area contributed by atoms with Crippen LogP contribution >= 0.6 is 0 Å². The maximum atomic E-state index is 9.56. The van der Waals surface area contributed by atoms with Crippen molar-refractivity contribution in [2.24, 2.45) is 0 Å². The van der Waals surface area contributed by atoms with Gasteiger partial charge >= 0.3 is 0 Å². The van der Waals surface area contributed by atoms with Crippen LogP contribution < -0.4 is 5.32 Å². The number of carbonyl (C=O) groups is 1. The van der Waals surface area contributed by atoms with Gasteiger partial charge in [0.25, 0.3) is 0 Å². The van der Waals surface area contributed by atoms with E-state index in [4.69, 9.17) is 5.11 Å². The summed E-state index contributed by atoms with van der Waals surface area (Å²) >= 11 is 0. The third-order valence-electron chi connectivity index (χ3n) is 0.551. The van der Waals surface area contributed by atoms with Crippen LogP contribution in [0.5, 0.6) is 0 Å². The van der Waals surface area contributed by atoms with Crippen molar-refractivity contribution >= 4 is 6.29 Å². The van der Waals surface area contributed by atoms with Gasteiger partial charge in [0.2, 0.25) is 0 Å². The Morgan fingerprint density at radius 2 is 2.43 bits per heavy atom. The largest absolute Gasteiger partial charge is 0.381 e. The lowest BCUT2D eigenvalue weighted by Crippen LogP contribution is -2.15. The predicted octanol–water partition coefficient (Wildman–Crippen LogP) is -0.885. The molecule has 3 nitrogen and oxygen atoms in total. The van der Waals surface area contributed by atoms with E-state index in [9.17, 15) is 4.79 Å². The van der Waals surface area contributed by atoms with E-state index in [0.717, 1.165) is 6.29 Å². The molecule has 0 saturated carbocycles. The summed E-state index contributed by atoms with van der Waals surface area (Å²) < 4.78 is 0. The van der Waals surface area contributed by atoms with Gasteiger partial charge in [-0.3, -0.25) is 5.32 Å². The van der Waals surface area contributed by atoms with Gasteiger partial charge in [-0.1, -0.05) is 0 Å². The molecule has 0 unspecified atom stereocenters. The molecule has 0 radical (unpaired) electrons. The summed E-state index contributed by atoms with van der Waals surface area (Å²) in [6, 6.07) is 0. The second-order valence-electron chi connectivity index (χ2n) is 1.11. The smallest absolute Gasteiger partial charge is 0.121 e. The molecule has 0 aliphatic carbocycles. The van der Waals surface area contributed by atoms with Gasteiger partial charge in [-0.15, -0.1) is 0 Å². The molecule has 0 amide bonds. The zero-order valence-electron chi connectivity index (χ0n) is 4.05. The Morgan fingerprint density at radius 1 is 1.71 bits per heavy atom. The van der Waals surface area contributed by atoms with Gasteiger partial charge in [-0.25, -0.2) is 0 Å². The van der Waals surface area contributed by atoms with Gasteiger partial charge in [0.1, 0.15) is 6.29 Å². The van der Waals surface area contributed by atoms with Crippen molar-refractivity contribution < 1.29 is 9.90 Å². The molecular weight excluding hydrogens is 94.0 g/mol. The normalized spacial score (nSPS) is 8.71. The van der Waals surface area contributed by atoms with Crippen LogP contribution in [0.4, 0.5) is 0 Å². The van der Waals surface area contributed by atoms with E-state index in [1.54, 1.807) is 0 Å². The number of aliphatic hydroxyl groups excluding tert-OH is 1. The summed E-state index contributed by atoms with van der Waals surface area (Å²) in [5.41, 5.74) is 0. The van der Waals surface area contributed by atoms with Crippen LogP contribution in [0.15, 0.2) is 0 Å². The van der Waals surface area contributed by atoms with Gasteiger partial charge in [0, 0.05) is 13.0 Å². The zero-order valence-corrected chi connectivity index (χ0v) is 4.05. The lowest BCUT2D eigenvalue weighted by Gasteiger charge is -1.90. The second kappa shape index (κ2) is 5.59. The Kier molecular flexibility index (Phi) is 5.26. The number of nitrogens with one attached hydrogen (secondary N) is 1. The van der Waals surface area contributed by atoms with E-state index in [2.05, 4.69) is 5.32 Å². The minimum absolute atomic E-state index is 0.0478. The Morgan fingerprint density at radius 3 is 2.86 bits per heavy atom. The zero-order chi connectivity index (χ0) is 5.54. The molecule has 42 valence electrons. The van der Waals surface area contributed by atoms with Crippen molar-refractivity contribution in [2.75, 3.05) is 13.3 Å². The Labute approximate surface area is 42.3 Å². The third-order valence-corrected chi connectivity index (χ3v) is 0.551. The van der Waals surface area contributed by atoms with E-state index in [1.807, 2.05) is 0 Å². The standard InChI is InChI=1S/C4H9NO2/c6-3-1-2-5-4-7/h3,5,7H,1-2,4H2.